The summed E-state index contributed by atoms with van der Waals surface area (Å²) in [5, 5.41) is 6.60. The van der Waals surface area contributed by atoms with Crippen LogP contribution < -0.4 is 5.32 Å². The molecule has 6 heteroatoms. The first-order valence-corrected chi connectivity index (χ1v) is 4.13. The molecule has 2 aromatic rings. The minimum Gasteiger partial charge on any atom is -0.332 e. The number of hydrogen-bond acceptors (Lipinski definition) is 6. The van der Waals surface area contributed by atoms with Crippen LogP contribution >= 0.6 is 0 Å². The summed E-state index contributed by atoms with van der Waals surface area (Å²) < 4.78 is 4.87. The van der Waals surface area contributed by atoms with Crippen molar-refractivity contribution in [3.05, 3.63) is 30.1 Å². The maximum atomic E-state index is 4.87. The first kappa shape index (κ1) is 8.61. The summed E-state index contributed by atoms with van der Waals surface area (Å²) in [6.45, 7) is 2.31. The molecule has 0 bridgehead atoms. The van der Waals surface area contributed by atoms with Gasteiger partial charge in [-0.1, -0.05) is 5.16 Å². The molecular weight excluding hydrogens is 182 g/mol. The van der Waals surface area contributed by atoms with E-state index in [4.69, 9.17) is 4.52 Å². The fourth-order valence-electron chi connectivity index (χ4n) is 0.958. The molecule has 0 fully saturated rings. The van der Waals surface area contributed by atoms with E-state index in [0.717, 1.165) is 5.69 Å². The second-order valence-electron chi connectivity index (χ2n) is 2.70. The fraction of sp³-hybridized carbons (Fsp3) is 0.250. The predicted octanol–water partition coefficient (Wildman–Crippen LogP) is 0.780. The van der Waals surface area contributed by atoms with Crippen LogP contribution in [0.3, 0.4) is 0 Å². The van der Waals surface area contributed by atoms with E-state index in [0.29, 0.717) is 18.4 Å². The Balaban J connectivity index is 1.95. The van der Waals surface area contributed by atoms with Crippen molar-refractivity contribution >= 4 is 6.01 Å². The van der Waals surface area contributed by atoms with E-state index in [2.05, 4.69) is 25.4 Å². The van der Waals surface area contributed by atoms with Crippen LogP contribution in [0.15, 0.2) is 23.1 Å². The smallest absolute Gasteiger partial charge is 0.321 e. The average Bonchev–Trinajstić information content (AvgIpc) is 2.63. The SMILES string of the molecule is Cc1noc(NCc2ccncn2)n1. The average molecular weight is 191 g/mol. The lowest BCUT2D eigenvalue weighted by molar-refractivity contribution is 0.425. The van der Waals surface area contributed by atoms with Crippen LogP contribution in [0.1, 0.15) is 11.5 Å². The summed E-state index contributed by atoms with van der Waals surface area (Å²) in [5.74, 6) is 0.607. The van der Waals surface area contributed by atoms with Gasteiger partial charge in [0.05, 0.1) is 12.2 Å². The molecule has 1 N–H and O–H groups in total. The maximum absolute atomic E-state index is 4.87. The highest BCUT2D eigenvalue weighted by Gasteiger charge is 2.01. The number of hydrogen-bond donors (Lipinski definition) is 1. The molecule has 2 rings (SSSR count). The van der Waals surface area contributed by atoms with E-state index in [1.807, 2.05) is 6.07 Å². The Bertz CT molecular complexity index is 399. The molecule has 0 aliphatic rings. The molecule has 2 heterocycles. The minimum atomic E-state index is 0.404. The lowest BCUT2D eigenvalue weighted by Gasteiger charge is -1.98. The lowest BCUT2D eigenvalue weighted by Crippen LogP contribution is -2.01. The summed E-state index contributed by atoms with van der Waals surface area (Å²) in [4.78, 5) is 11.8. The van der Waals surface area contributed by atoms with Crippen molar-refractivity contribution in [1.29, 1.82) is 0 Å². The van der Waals surface area contributed by atoms with Crippen LogP contribution in [0.25, 0.3) is 0 Å². The van der Waals surface area contributed by atoms with E-state index in [1.54, 1.807) is 13.1 Å². The third-order valence-corrected chi connectivity index (χ3v) is 1.59. The number of nitrogens with zero attached hydrogens (tertiary/aromatic N) is 4. The Hall–Kier alpha value is -1.98. The Morgan fingerprint density at radius 1 is 1.50 bits per heavy atom. The molecule has 6 nitrogen and oxygen atoms in total. The van der Waals surface area contributed by atoms with Crippen LogP contribution in [-0.4, -0.2) is 20.1 Å². The van der Waals surface area contributed by atoms with Gasteiger partial charge in [-0.3, -0.25) is 0 Å². The van der Waals surface area contributed by atoms with Crippen LogP contribution in [-0.2, 0) is 6.54 Å². The number of nitrogens with one attached hydrogen (secondary N) is 1. The van der Waals surface area contributed by atoms with E-state index in [-0.39, 0.29) is 0 Å². The Morgan fingerprint density at radius 2 is 2.43 bits per heavy atom. The summed E-state index contributed by atoms with van der Waals surface area (Å²) in [7, 11) is 0. The summed E-state index contributed by atoms with van der Waals surface area (Å²) in [5.41, 5.74) is 0.871. The highest BCUT2D eigenvalue weighted by molar-refractivity contribution is 5.19. The molecule has 0 amide bonds. The lowest BCUT2D eigenvalue weighted by atomic mass is 10.4. The second kappa shape index (κ2) is 3.82. The van der Waals surface area contributed by atoms with Crippen LogP contribution in [0.5, 0.6) is 0 Å². The summed E-state index contributed by atoms with van der Waals surface area (Å²) in [6.07, 6.45) is 3.18. The third-order valence-electron chi connectivity index (χ3n) is 1.59. The monoisotopic (exact) mass is 191 g/mol. The van der Waals surface area contributed by atoms with Crippen LogP contribution in [0, 0.1) is 6.92 Å². The summed E-state index contributed by atoms with van der Waals surface area (Å²) in [6, 6.07) is 2.22. The Kier molecular flexibility index (Phi) is 2.35. The highest BCUT2D eigenvalue weighted by Crippen LogP contribution is 2.03. The number of aromatic nitrogens is 4. The second-order valence-corrected chi connectivity index (χ2v) is 2.70. The van der Waals surface area contributed by atoms with Gasteiger partial charge in [0.25, 0.3) is 0 Å². The van der Waals surface area contributed by atoms with Gasteiger partial charge in [-0.15, -0.1) is 0 Å². The molecule has 0 atom stereocenters. The number of anilines is 1. The topological polar surface area (TPSA) is 76.7 Å². The molecule has 0 unspecified atom stereocenters. The van der Waals surface area contributed by atoms with Crippen LogP contribution in [0.2, 0.25) is 0 Å². The minimum absolute atomic E-state index is 0.404. The van der Waals surface area contributed by atoms with Gasteiger partial charge < -0.3 is 9.84 Å². The normalized spacial score (nSPS) is 10.1. The first-order valence-electron chi connectivity index (χ1n) is 4.13. The zero-order valence-corrected chi connectivity index (χ0v) is 7.64. The van der Waals surface area contributed by atoms with E-state index in [9.17, 15) is 0 Å². The zero-order valence-electron chi connectivity index (χ0n) is 7.64. The van der Waals surface area contributed by atoms with Gasteiger partial charge in [0.2, 0.25) is 0 Å². The van der Waals surface area contributed by atoms with Crippen molar-refractivity contribution in [2.24, 2.45) is 0 Å². The standard InChI is InChI=1S/C8H9N5O/c1-6-12-8(14-13-6)10-4-7-2-3-9-5-11-7/h2-3,5H,4H2,1H3,(H,10,12,13). The van der Waals surface area contributed by atoms with Gasteiger partial charge in [0.15, 0.2) is 5.82 Å². The molecule has 0 saturated carbocycles. The summed E-state index contributed by atoms with van der Waals surface area (Å²) >= 11 is 0. The van der Waals surface area contributed by atoms with Gasteiger partial charge in [0, 0.05) is 6.20 Å². The molecule has 2 aromatic heterocycles. The third kappa shape index (κ3) is 2.03. The van der Waals surface area contributed by atoms with Crippen molar-refractivity contribution in [2.75, 3.05) is 5.32 Å². The van der Waals surface area contributed by atoms with Gasteiger partial charge in [-0.05, 0) is 13.0 Å². The molecule has 0 spiro atoms. The largest absolute Gasteiger partial charge is 0.332 e. The Morgan fingerprint density at radius 3 is 3.07 bits per heavy atom. The van der Waals surface area contributed by atoms with Gasteiger partial charge in [-0.2, -0.15) is 4.98 Å². The van der Waals surface area contributed by atoms with E-state index >= 15 is 0 Å². The predicted molar refractivity (Wildman–Crippen MR) is 48.4 cm³/mol. The van der Waals surface area contributed by atoms with Gasteiger partial charge >= 0.3 is 6.01 Å². The molecule has 14 heavy (non-hydrogen) atoms. The number of rotatable bonds is 3. The van der Waals surface area contributed by atoms with Gasteiger partial charge in [-0.25, -0.2) is 9.97 Å². The molecule has 0 aromatic carbocycles. The van der Waals surface area contributed by atoms with Crippen LogP contribution in [0.4, 0.5) is 6.01 Å². The zero-order chi connectivity index (χ0) is 9.80. The molecule has 0 saturated heterocycles. The van der Waals surface area contributed by atoms with Crippen molar-refractivity contribution in [3.8, 4) is 0 Å². The molecule has 0 radical (unpaired) electrons. The molecule has 0 aliphatic heterocycles. The van der Waals surface area contributed by atoms with Crippen molar-refractivity contribution in [2.45, 2.75) is 13.5 Å². The highest BCUT2D eigenvalue weighted by atomic mass is 16.5. The number of aryl methyl sites for hydroxylation is 1. The van der Waals surface area contributed by atoms with Gasteiger partial charge in [0.1, 0.15) is 6.33 Å². The maximum Gasteiger partial charge on any atom is 0.321 e. The molecule has 72 valence electrons. The molecular formula is C8H9N5O. The molecule has 0 aliphatic carbocycles. The van der Waals surface area contributed by atoms with E-state index in [1.165, 1.54) is 6.33 Å². The van der Waals surface area contributed by atoms with Crippen molar-refractivity contribution in [3.63, 3.8) is 0 Å². The fourth-order valence-corrected chi connectivity index (χ4v) is 0.958. The van der Waals surface area contributed by atoms with Crippen molar-refractivity contribution < 1.29 is 4.52 Å². The van der Waals surface area contributed by atoms with E-state index < -0.39 is 0 Å². The first-order chi connectivity index (χ1) is 6.84. The Labute approximate surface area is 80.4 Å². The quantitative estimate of drug-likeness (QED) is 0.772. The van der Waals surface area contributed by atoms with Crippen molar-refractivity contribution in [1.82, 2.24) is 20.1 Å².